The molecule has 2 rings (SSSR count). The minimum Gasteiger partial charge on any atom is -0.370 e. The summed E-state index contributed by atoms with van der Waals surface area (Å²) >= 11 is 0. The lowest BCUT2D eigenvalue weighted by molar-refractivity contribution is -0.136. The number of likely N-dealkylation sites (N-methyl/N-ethyl adjacent to an activating group) is 1. The SMILES string of the molecule is CCNc1cc(N2CCN(C)C(=O)C2(C)C)nc(N)n1. The van der Waals surface area contributed by atoms with Crippen LogP contribution in [0.3, 0.4) is 0 Å². The molecule has 110 valence electrons. The number of anilines is 3. The van der Waals surface area contributed by atoms with E-state index in [9.17, 15) is 4.79 Å². The monoisotopic (exact) mass is 278 g/mol. The van der Waals surface area contributed by atoms with Gasteiger partial charge in [0.1, 0.15) is 17.2 Å². The Labute approximate surface area is 119 Å². The Morgan fingerprint density at radius 1 is 1.40 bits per heavy atom. The quantitative estimate of drug-likeness (QED) is 0.839. The summed E-state index contributed by atoms with van der Waals surface area (Å²) in [4.78, 5) is 24.5. The van der Waals surface area contributed by atoms with Crippen LogP contribution in [0.4, 0.5) is 17.6 Å². The zero-order valence-corrected chi connectivity index (χ0v) is 12.5. The van der Waals surface area contributed by atoms with E-state index in [4.69, 9.17) is 5.73 Å². The van der Waals surface area contributed by atoms with Crippen LogP contribution in [0.25, 0.3) is 0 Å². The fraction of sp³-hybridized carbons (Fsp3) is 0.615. The van der Waals surface area contributed by atoms with Crippen molar-refractivity contribution in [1.29, 1.82) is 0 Å². The highest BCUT2D eigenvalue weighted by Crippen LogP contribution is 2.28. The Bertz CT molecular complexity index is 516. The van der Waals surface area contributed by atoms with Crippen LogP contribution in [-0.4, -0.2) is 53.0 Å². The van der Waals surface area contributed by atoms with Crippen LogP contribution in [0.15, 0.2) is 6.07 Å². The van der Waals surface area contributed by atoms with E-state index in [1.165, 1.54) is 0 Å². The molecule has 2 heterocycles. The molecular weight excluding hydrogens is 256 g/mol. The second-order valence-corrected chi connectivity index (χ2v) is 5.44. The predicted octanol–water partition coefficient (Wildman–Crippen LogP) is 0.548. The van der Waals surface area contributed by atoms with Gasteiger partial charge < -0.3 is 20.9 Å². The van der Waals surface area contributed by atoms with Gasteiger partial charge in [0, 0.05) is 32.7 Å². The summed E-state index contributed by atoms with van der Waals surface area (Å²) in [6.07, 6.45) is 0. The number of nitrogens with one attached hydrogen (secondary N) is 1. The third kappa shape index (κ3) is 2.48. The first-order valence-electron chi connectivity index (χ1n) is 6.78. The first kappa shape index (κ1) is 14.4. The Hall–Kier alpha value is -2.05. The molecule has 0 unspecified atom stereocenters. The number of hydrogen-bond acceptors (Lipinski definition) is 6. The van der Waals surface area contributed by atoms with Crippen molar-refractivity contribution in [2.75, 3.05) is 42.6 Å². The van der Waals surface area contributed by atoms with Gasteiger partial charge in [-0.2, -0.15) is 9.97 Å². The van der Waals surface area contributed by atoms with Gasteiger partial charge in [0.15, 0.2) is 0 Å². The second kappa shape index (κ2) is 5.15. The average molecular weight is 278 g/mol. The summed E-state index contributed by atoms with van der Waals surface area (Å²) in [5.74, 6) is 1.64. The molecule has 3 N–H and O–H groups in total. The lowest BCUT2D eigenvalue weighted by atomic mass is 9.98. The number of nitrogens with zero attached hydrogens (tertiary/aromatic N) is 4. The molecule has 1 aromatic heterocycles. The van der Waals surface area contributed by atoms with Gasteiger partial charge in [0.25, 0.3) is 0 Å². The van der Waals surface area contributed by atoms with Crippen molar-refractivity contribution >= 4 is 23.5 Å². The smallest absolute Gasteiger partial charge is 0.247 e. The Kier molecular flexibility index (Phi) is 3.69. The molecule has 0 saturated carbocycles. The van der Waals surface area contributed by atoms with Crippen LogP contribution in [-0.2, 0) is 4.79 Å². The van der Waals surface area contributed by atoms with Crippen LogP contribution < -0.4 is 16.0 Å². The van der Waals surface area contributed by atoms with Crippen LogP contribution >= 0.6 is 0 Å². The molecule has 1 aliphatic rings. The van der Waals surface area contributed by atoms with Gasteiger partial charge in [-0.15, -0.1) is 0 Å². The number of carbonyl (C=O) groups is 1. The van der Waals surface area contributed by atoms with Crippen molar-refractivity contribution < 1.29 is 4.79 Å². The standard InChI is InChI=1S/C13H22N6O/c1-5-15-9-8-10(17-12(14)16-9)19-7-6-18(4)11(20)13(19,2)3/h8H,5-7H2,1-4H3,(H3,14,15,16,17). The molecule has 0 atom stereocenters. The molecule has 1 fully saturated rings. The van der Waals surface area contributed by atoms with Crippen molar-refractivity contribution in [1.82, 2.24) is 14.9 Å². The molecule has 0 spiro atoms. The molecule has 1 amide bonds. The minimum absolute atomic E-state index is 0.0749. The maximum atomic E-state index is 12.3. The summed E-state index contributed by atoms with van der Waals surface area (Å²) in [6.45, 7) is 7.93. The van der Waals surface area contributed by atoms with Crippen molar-refractivity contribution in [2.45, 2.75) is 26.3 Å². The normalized spacial score (nSPS) is 18.3. The summed E-state index contributed by atoms with van der Waals surface area (Å²) < 4.78 is 0. The van der Waals surface area contributed by atoms with Crippen LogP contribution in [0, 0.1) is 0 Å². The zero-order chi connectivity index (χ0) is 14.9. The van der Waals surface area contributed by atoms with E-state index in [0.29, 0.717) is 18.2 Å². The zero-order valence-electron chi connectivity index (χ0n) is 12.5. The molecule has 7 nitrogen and oxygen atoms in total. The fourth-order valence-corrected chi connectivity index (χ4v) is 2.48. The number of piperazine rings is 1. The molecule has 1 aromatic rings. The van der Waals surface area contributed by atoms with Crippen LogP contribution in [0.1, 0.15) is 20.8 Å². The van der Waals surface area contributed by atoms with Gasteiger partial charge in [-0.1, -0.05) is 0 Å². The summed E-state index contributed by atoms with van der Waals surface area (Å²) in [6, 6.07) is 1.83. The van der Waals surface area contributed by atoms with Crippen LogP contribution in [0.5, 0.6) is 0 Å². The number of hydrogen-bond donors (Lipinski definition) is 2. The molecule has 1 aliphatic heterocycles. The maximum absolute atomic E-state index is 12.3. The van der Waals surface area contributed by atoms with E-state index >= 15 is 0 Å². The van der Waals surface area contributed by atoms with E-state index in [-0.39, 0.29) is 11.9 Å². The van der Waals surface area contributed by atoms with Gasteiger partial charge in [0.2, 0.25) is 11.9 Å². The van der Waals surface area contributed by atoms with Crippen LogP contribution in [0.2, 0.25) is 0 Å². The summed E-state index contributed by atoms with van der Waals surface area (Å²) in [7, 11) is 1.82. The molecule has 0 aliphatic carbocycles. The minimum atomic E-state index is -0.642. The van der Waals surface area contributed by atoms with E-state index in [1.54, 1.807) is 4.90 Å². The molecule has 20 heavy (non-hydrogen) atoms. The highest BCUT2D eigenvalue weighted by Gasteiger charge is 2.41. The van der Waals surface area contributed by atoms with Crippen molar-refractivity contribution in [3.05, 3.63) is 6.07 Å². The Morgan fingerprint density at radius 3 is 2.75 bits per heavy atom. The lowest BCUT2D eigenvalue weighted by Gasteiger charge is -2.45. The highest BCUT2D eigenvalue weighted by atomic mass is 16.2. The number of nitrogen functional groups attached to an aromatic ring is 1. The Balaban J connectivity index is 2.37. The second-order valence-electron chi connectivity index (χ2n) is 5.44. The largest absolute Gasteiger partial charge is 0.370 e. The maximum Gasteiger partial charge on any atom is 0.247 e. The van der Waals surface area contributed by atoms with Gasteiger partial charge in [-0.05, 0) is 20.8 Å². The van der Waals surface area contributed by atoms with Gasteiger partial charge in [-0.25, -0.2) is 0 Å². The van der Waals surface area contributed by atoms with E-state index in [0.717, 1.165) is 13.1 Å². The lowest BCUT2D eigenvalue weighted by Crippen LogP contribution is -2.62. The number of amides is 1. The Morgan fingerprint density at radius 2 is 2.10 bits per heavy atom. The summed E-state index contributed by atoms with van der Waals surface area (Å²) in [5, 5.41) is 3.12. The third-order valence-electron chi connectivity index (χ3n) is 3.57. The predicted molar refractivity (Wildman–Crippen MR) is 79.7 cm³/mol. The number of rotatable bonds is 3. The number of nitrogens with two attached hydrogens (primary N) is 1. The topological polar surface area (TPSA) is 87.4 Å². The third-order valence-corrected chi connectivity index (χ3v) is 3.57. The van der Waals surface area contributed by atoms with Crippen molar-refractivity contribution in [2.24, 2.45) is 0 Å². The molecule has 1 saturated heterocycles. The molecule has 0 aromatic carbocycles. The van der Waals surface area contributed by atoms with E-state index < -0.39 is 5.54 Å². The average Bonchev–Trinajstić information content (AvgIpc) is 2.36. The number of carbonyl (C=O) groups excluding carboxylic acids is 1. The summed E-state index contributed by atoms with van der Waals surface area (Å²) in [5.41, 5.74) is 5.12. The molecular formula is C13H22N6O. The highest BCUT2D eigenvalue weighted by molar-refractivity contribution is 5.90. The van der Waals surface area contributed by atoms with E-state index in [1.807, 2.05) is 38.8 Å². The first-order chi connectivity index (χ1) is 9.36. The van der Waals surface area contributed by atoms with E-state index in [2.05, 4.69) is 15.3 Å². The van der Waals surface area contributed by atoms with Gasteiger partial charge in [0.05, 0.1) is 0 Å². The number of aromatic nitrogens is 2. The first-order valence-corrected chi connectivity index (χ1v) is 6.78. The molecule has 0 radical (unpaired) electrons. The molecule has 0 bridgehead atoms. The van der Waals surface area contributed by atoms with Gasteiger partial charge >= 0.3 is 0 Å². The van der Waals surface area contributed by atoms with Crippen molar-refractivity contribution in [3.63, 3.8) is 0 Å². The van der Waals surface area contributed by atoms with Crippen molar-refractivity contribution in [3.8, 4) is 0 Å². The molecule has 7 heteroatoms. The fourth-order valence-electron chi connectivity index (χ4n) is 2.48. The van der Waals surface area contributed by atoms with Gasteiger partial charge in [-0.3, -0.25) is 4.79 Å².